The summed E-state index contributed by atoms with van der Waals surface area (Å²) in [7, 11) is 0. The van der Waals surface area contributed by atoms with Gasteiger partial charge in [0.05, 0.1) is 11.6 Å². The minimum absolute atomic E-state index is 0.204. The molecule has 2 rings (SSSR count). The number of hydrogen-bond donors (Lipinski definition) is 0. The van der Waals surface area contributed by atoms with Gasteiger partial charge in [-0.3, -0.25) is 0 Å². The fourth-order valence-electron chi connectivity index (χ4n) is 2.06. The Hall–Kier alpha value is -2.98. The third kappa shape index (κ3) is 1.98. The first-order valence-corrected chi connectivity index (χ1v) is 5.67. The van der Waals surface area contributed by atoms with E-state index in [1.807, 2.05) is 0 Å². The molecule has 0 spiro atoms. The molecule has 104 valence electrons. The smallest absolute Gasteiger partial charge is 0.444 e. The average molecular weight is 289 g/mol. The van der Waals surface area contributed by atoms with Crippen LogP contribution in [0.4, 0.5) is 13.2 Å². The van der Waals surface area contributed by atoms with E-state index in [0.29, 0.717) is 0 Å². The lowest BCUT2D eigenvalue weighted by Gasteiger charge is -2.27. The first-order chi connectivity index (χ1) is 9.91. The summed E-state index contributed by atoms with van der Waals surface area (Å²) in [4.78, 5) is 0. The van der Waals surface area contributed by atoms with Crippen LogP contribution in [0.1, 0.15) is 5.56 Å². The predicted molar refractivity (Wildman–Crippen MR) is 63.6 cm³/mol. The molecule has 2 atom stereocenters. The molecule has 0 saturated carbocycles. The molecule has 0 fully saturated rings. The molecule has 0 N–H and O–H groups in total. The maximum Gasteiger partial charge on any atom is 0.444 e. The van der Waals surface area contributed by atoms with Crippen molar-refractivity contribution in [1.82, 2.24) is 0 Å². The predicted octanol–water partition coefficient (Wildman–Crippen LogP) is 2.92. The van der Waals surface area contributed by atoms with Crippen LogP contribution in [0, 0.1) is 39.9 Å². The maximum atomic E-state index is 13.2. The van der Waals surface area contributed by atoms with E-state index in [0.717, 1.165) is 6.07 Å². The van der Waals surface area contributed by atoms with Gasteiger partial charge in [-0.1, -0.05) is 30.3 Å². The van der Waals surface area contributed by atoms with Gasteiger partial charge in [0.25, 0.3) is 0 Å². The summed E-state index contributed by atoms with van der Waals surface area (Å²) in [5.74, 6) is -2.41. The second-order valence-corrected chi connectivity index (χ2v) is 4.23. The number of halogens is 3. The van der Waals surface area contributed by atoms with Crippen molar-refractivity contribution >= 4 is 5.76 Å². The van der Waals surface area contributed by atoms with Crippen molar-refractivity contribution in [2.45, 2.75) is 11.8 Å². The van der Waals surface area contributed by atoms with Crippen LogP contribution in [0.2, 0.25) is 0 Å². The molecule has 1 aromatic carbocycles. The van der Waals surface area contributed by atoms with Crippen molar-refractivity contribution in [1.29, 1.82) is 15.8 Å². The molecule has 4 nitrogen and oxygen atoms in total. The van der Waals surface area contributed by atoms with E-state index in [1.54, 1.807) is 24.3 Å². The number of ether oxygens (including phenoxy) is 1. The Morgan fingerprint density at radius 1 is 1.10 bits per heavy atom. The number of nitriles is 3. The summed E-state index contributed by atoms with van der Waals surface area (Å²) >= 11 is 0. The quantitative estimate of drug-likeness (QED) is 0.796. The highest BCUT2D eigenvalue weighted by Crippen LogP contribution is 2.50. The molecule has 21 heavy (non-hydrogen) atoms. The molecule has 1 aliphatic heterocycles. The van der Waals surface area contributed by atoms with Crippen molar-refractivity contribution in [2.24, 2.45) is 5.92 Å². The minimum atomic E-state index is -5.11. The van der Waals surface area contributed by atoms with Gasteiger partial charge in [0, 0.05) is 5.56 Å². The molecular weight excluding hydrogens is 283 g/mol. The van der Waals surface area contributed by atoms with Gasteiger partial charge in [-0.25, -0.2) is 0 Å². The van der Waals surface area contributed by atoms with E-state index < -0.39 is 23.3 Å². The first kappa shape index (κ1) is 14.4. The number of alkyl halides is 3. The van der Waals surface area contributed by atoms with Gasteiger partial charge in [0.15, 0.2) is 0 Å². The largest absolute Gasteiger partial charge is 0.459 e. The second-order valence-electron chi connectivity index (χ2n) is 4.23. The van der Waals surface area contributed by atoms with Crippen molar-refractivity contribution in [2.75, 3.05) is 0 Å². The van der Waals surface area contributed by atoms with Gasteiger partial charge in [-0.2, -0.15) is 29.0 Å². The highest BCUT2D eigenvalue weighted by atomic mass is 19.4. The highest BCUT2D eigenvalue weighted by molar-refractivity contribution is 5.72. The molecular formula is C14H6F3N3O. The van der Waals surface area contributed by atoms with Crippen LogP contribution in [0.25, 0.3) is 5.76 Å². The van der Waals surface area contributed by atoms with Crippen LogP contribution in [0.15, 0.2) is 35.9 Å². The summed E-state index contributed by atoms with van der Waals surface area (Å²) in [5.41, 5.74) is -3.66. The standard InChI is InChI=1S/C14H6F3N3O/c15-14(16,17)13(8-20)11(7-19)10(6-18)12(21-13)9-4-2-1-3-5-9/h1-5,11H. The maximum absolute atomic E-state index is 13.2. The number of rotatable bonds is 1. The third-order valence-electron chi connectivity index (χ3n) is 3.08. The van der Waals surface area contributed by atoms with Gasteiger partial charge in [0.1, 0.15) is 23.8 Å². The molecule has 1 aliphatic rings. The number of nitrogens with zero attached hydrogens (tertiary/aromatic N) is 3. The van der Waals surface area contributed by atoms with E-state index in [4.69, 9.17) is 20.5 Å². The Morgan fingerprint density at radius 3 is 2.14 bits per heavy atom. The zero-order valence-electron chi connectivity index (χ0n) is 10.3. The molecule has 0 amide bonds. The lowest BCUT2D eigenvalue weighted by atomic mass is 9.85. The Kier molecular flexibility index (Phi) is 3.33. The molecule has 0 bridgehead atoms. The molecule has 0 saturated heterocycles. The van der Waals surface area contributed by atoms with E-state index in [1.165, 1.54) is 18.2 Å². The van der Waals surface area contributed by atoms with E-state index in [9.17, 15) is 13.2 Å². The average Bonchev–Trinajstić information content (AvgIpc) is 2.82. The van der Waals surface area contributed by atoms with Crippen LogP contribution in [-0.2, 0) is 4.74 Å². The zero-order chi connectivity index (χ0) is 15.7. The van der Waals surface area contributed by atoms with E-state index >= 15 is 0 Å². The summed E-state index contributed by atoms with van der Waals surface area (Å²) in [6, 6.07) is 11.5. The summed E-state index contributed by atoms with van der Waals surface area (Å²) < 4.78 is 44.5. The summed E-state index contributed by atoms with van der Waals surface area (Å²) in [5, 5.41) is 27.0. The molecule has 0 radical (unpaired) electrons. The van der Waals surface area contributed by atoms with E-state index in [2.05, 4.69) is 0 Å². The van der Waals surface area contributed by atoms with Crippen LogP contribution in [-0.4, -0.2) is 11.8 Å². The molecule has 1 aromatic rings. The van der Waals surface area contributed by atoms with Crippen molar-refractivity contribution in [3.8, 4) is 18.2 Å². The van der Waals surface area contributed by atoms with Gasteiger partial charge in [-0.15, -0.1) is 0 Å². The van der Waals surface area contributed by atoms with Crippen molar-refractivity contribution in [3.05, 3.63) is 41.5 Å². The lowest BCUT2D eigenvalue weighted by Crippen LogP contribution is -2.49. The molecule has 0 aromatic heterocycles. The van der Waals surface area contributed by atoms with Crippen LogP contribution < -0.4 is 0 Å². The first-order valence-electron chi connectivity index (χ1n) is 5.67. The SMILES string of the molecule is N#CC1=C(c2ccccc2)OC(C#N)(C(F)(F)F)C1C#N. The second kappa shape index (κ2) is 4.85. The molecule has 7 heteroatoms. The number of hydrogen-bond acceptors (Lipinski definition) is 4. The topological polar surface area (TPSA) is 80.6 Å². The van der Waals surface area contributed by atoms with Crippen LogP contribution in [0.3, 0.4) is 0 Å². The fourth-order valence-corrected chi connectivity index (χ4v) is 2.06. The van der Waals surface area contributed by atoms with Gasteiger partial charge < -0.3 is 4.74 Å². The van der Waals surface area contributed by atoms with E-state index in [-0.39, 0.29) is 11.3 Å². The molecule has 2 unspecified atom stereocenters. The third-order valence-corrected chi connectivity index (χ3v) is 3.08. The van der Waals surface area contributed by atoms with Crippen molar-refractivity contribution < 1.29 is 17.9 Å². The fraction of sp³-hybridized carbons (Fsp3) is 0.214. The molecule has 0 aliphatic carbocycles. The lowest BCUT2D eigenvalue weighted by molar-refractivity contribution is -0.235. The molecule has 1 heterocycles. The zero-order valence-corrected chi connectivity index (χ0v) is 10.3. The Balaban J connectivity index is 2.67. The Labute approximate surface area is 117 Å². The Morgan fingerprint density at radius 2 is 1.71 bits per heavy atom. The van der Waals surface area contributed by atoms with Crippen LogP contribution >= 0.6 is 0 Å². The van der Waals surface area contributed by atoms with Crippen molar-refractivity contribution in [3.63, 3.8) is 0 Å². The normalized spacial score (nSPS) is 24.7. The van der Waals surface area contributed by atoms with Gasteiger partial charge in [-0.05, 0) is 0 Å². The number of benzene rings is 1. The monoisotopic (exact) mass is 289 g/mol. The van der Waals surface area contributed by atoms with Crippen LogP contribution in [0.5, 0.6) is 0 Å². The van der Waals surface area contributed by atoms with Gasteiger partial charge in [0.2, 0.25) is 0 Å². The highest BCUT2D eigenvalue weighted by Gasteiger charge is 2.68. The summed E-state index contributed by atoms with van der Waals surface area (Å²) in [6.45, 7) is 0. The van der Waals surface area contributed by atoms with Gasteiger partial charge >= 0.3 is 11.8 Å². The summed E-state index contributed by atoms with van der Waals surface area (Å²) in [6.07, 6.45) is -5.11. The minimum Gasteiger partial charge on any atom is -0.459 e. The Bertz CT molecular complexity index is 719.